The molecule has 1 aromatic rings. The van der Waals surface area contributed by atoms with E-state index in [0.29, 0.717) is 0 Å². The maximum absolute atomic E-state index is 3.62. The number of aryl methyl sites for hydroxylation is 1. The molecule has 0 atom stereocenters. The number of benzene rings is 1. The molecule has 0 aromatic heterocycles. The van der Waals surface area contributed by atoms with Gasteiger partial charge in [-0.15, -0.1) is 0 Å². The van der Waals surface area contributed by atoms with Crippen molar-refractivity contribution in [3.05, 3.63) is 27.7 Å². The van der Waals surface area contributed by atoms with Gasteiger partial charge >= 0.3 is 0 Å². The summed E-state index contributed by atoms with van der Waals surface area (Å²) in [7, 11) is 0. The normalized spacial score (nSPS) is 18.2. The van der Waals surface area contributed by atoms with Gasteiger partial charge < -0.3 is 5.32 Å². The van der Waals surface area contributed by atoms with Gasteiger partial charge in [-0.05, 0) is 34.0 Å². The van der Waals surface area contributed by atoms with Crippen molar-refractivity contribution < 1.29 is 0 Å². The minimum atomic E-state index is 0.269. The molecule has 0 radical (unpaired) electrons. The van der Waals surface area contributed by atoms with E-state index in [4.69, 9.17) is 0 Å². The molecule has 0 bridgehead atoms. The standard InChI is InChI=1S/C11H14BrN/c1-7-4-5-8-10(9(7)12)13-6-11(8,2)3/h4-5,13H,6H2,1-3H3. The molecule has 0 saturated heterocycles. The van der Waals surface area contributed by atoms with Gasteiger partial charge in [0.05, 0.1) is 5.69 Å². The number of anilines is 1. The Labute approximate surface area is 87.7 Å². The first-order chi connectivity index (χ1) is 6.02. The molecule has 0 fully saturated rings. The van der Waals surface area contributed by atoms with Gasteiger partial charge in [-0.2, -0.15) is 0 Å². The molecular weight excluding hydrogens is 226 g/mol. The predicted octanol–water partition coefficient (Wildman–Crippen LogP) is 3.46. The summed E-state index contributed by atoms with van der Waals surface area (Å²) in [5.74, 6) is 0. The van der Waals surface area contributed by atoms with Crippen LogP contribution in [0.2, 0.25) is 0 Å². The summed E-state index contributed by atoms with van der Waals surface area (Å²) >= 11 is 3.62. The molecule has 0 aliphatic carbocycles. The first-order valence-electron chi connectivity index (χ1n) is 4.56. The van der Waals surface area contributed by atoms with Gasteiger partial charge in [0.2, 0.25) is 0 Å². The average molecular weight is 240 g/mol. The third kappa shape index (κ3) is 1.28. The summed E-state index contributed by atoms with van der Waals surface area (Å²) < 4.78 is 1.22. The molecular formula is C11H14BrN. The van der Waals surface area contributed by atoms with Gasteiger partial charge in [0, 0.05) is 16.4 Å². The predicted molar refractivity (Wildman–Crippen MR) is 60.4 cm³/mol. The van der Waals surface area contributed by atoms with Crippen molar-refractivity contribution >= 4 is 21.6 Å². The Morgan fingerprint density at radius 1 is 1.38 bits per heavy atom. The monoisotopic (exact) mass is 239 g/mol. The number of rotatable bonds is 0. The van der Waals surface area contributed by atoms with Crippen molar-refractivity contribution in [3.8, 4) is 0 Å². The molecule has 1 aliphatic heterocycles. The van der Waals surface area contributed by atoms with Crippen LogP contribution in [0.4, 0.5) is 5.69 Å². The average Bonchev–Trinajstić information content (AvgIpc) is 2.35. The van der Waals surface area contributed by atoms with Crippen molar-refractivity contribution in [2.75, 3.05) is 11.9 Å². The maximum atomic E-state index is 3.62. The van der Waals surface area contributed by atoms with E-state index < -0.39 is 0 Å². The van der Waals surface area contributed by atoms with Crippen LogP contribution in [0, 0.1) is 6.92 Å². The van der Waals surface area contributed by atoms with Crippen LogP contribution >= 0.6 is 15.9 Å². The number of nitrogens with one attached hydrogen (secondary N) is 1. The van der Waals surface area contributed by atoms with Gasteiger partial charge in [-0.25, -0.2) is 0 Å². The van der Waals surface area contributed by atoms with Crippen molar-refractivity contribution in [2.45, 2.75) is 26.2 Å². The summed E-state index contributed by atoms with van der Waals surface area (Å²) in [6.07, 6.45) is 0. The SMILES string of the molecule is Cc1ccc2c(c1Br)NCC2(C)C. The highest BCUT2D eigenvalue weighted by Crippen LogP contribution is 2.41. The van der Waals surface area contributed by atoms with Gasteiger partial charge in [-0.3, -0.25) is 0 Å². The Morgan fingerprint density at radius 3 is 2.77 bits per heavy atom. The lowest BCUT2D eigenvalue weighted by atomic mass is 9.87. The zero-order valence-corrected chi connectivity index (χ0v) is 9.83. The Morgan fingerprint density at radius 2 is 2.08 bits per heavy atom. The second-order valence-electron chi connectivity index (χ2n) is 4.36. The quantitative estimate of drug-likeness (QED) is 0.732. The molecule has 13 heavy (non-hydrogen) atoms. The van der Waals surface area contributed by atoms with Crippen LogP contribution < -0.4 is 5.32 Å². The molecule has 1 N–H and O–H groups in total. The van der Waals surface area contributed by atoms with Crippen LogP contribution in [0.25, 0.3) is 0 Å². The van der Waals surface area contributed by atoms with Gasteiger partial charge in [0.25, 0.3) is 0 Å². The lowest BCUT2D eigenvalue weighted by Gasteiger charge is -2.17. The summed E-state index contributed by atoms with van der Waals surface area (Å²) in [6.45, 7) is 7.70. The van der Waals surface area contributed by atoms with Crippen molar-refractivity contribution in [1.29, 1.82) is 0 Å². The van der Waals surface area contributed by atoms with Crippen LogP contribution in [0.3, 0.4) is 0 Å². The van der Waals surface area contributed by atoms with E-state index in [1.54, 1.807) is 0 Å². The molecule has 0 spiro atoms. The van der Waals surface area contributed by atoms with Gasteiger partial charge in [-0.1, -0.05) is 26.0 Å². The van der Waals surface area contributed by atoms with E-state index in [-0.39, 0.29) is 5.41 Å². The third-order valence-corrected chi connectivity index (χ3v) is 3.79. The van der Waals surface area contributed by atoms with E-state index in [1.165, 1.54) is 21.3 Å². The molecule has 70 valence electrons. The van der Waals surface area contributed by atoms with E-state index in [2.05, 4.69) is 54.2 Å². The zero-order valence-electron chi connectivity index (χ0n) is 8.24. The molecule has 0 amide bonds. The molecule has 1 aromatic carbocycles. The van der Waals surface area contributed by atoms with E-state index in [0.717, 1.165) is 6.54 Å². The first-order valence-corrected chi connectivity index (χ1v) is 5.35. The summed E-state index contributed by atoms with van der Waals surface area (Å²) in [5.41, 5.74) is 4.27. The second-order valence-corrected chi connectivity index (χ2v) is 5.15. The van der Waals surface area contributed by atoms with E-state index in [1.807, 2.05) is 0 Å². The fraction of sp³-hybridized carbons (Fsp3) is 0.455. The lowest BCUT2D eigenvalue weighted by molar-refractivity contribution is 0.586. The Kier molecular flexibility index (Phi) is 1.91. The minimum absolute atomic E-state index is 0.269. The number of hydrogen-bond acceptors (Lipinski definition) is 1. The molecule has 1 aliphatic rings. The highest BCUT2D eigenvalue weighted by molar-refractivity contribution is 9.10. The molecule has 0 unspecified atom stereocenters. The Bertz CT molecular complexity index is 355. The zero-order chi connectivity index (χ0) is 9.64. The van der Waals surface area contributed by atoms with Crippen LogP contribution in [-0.4, -0.2) is 6.54 Å². The van der Waals surface area contributed by atoms with E-state index in [9.17, 15) is 0 Å². The number of halogens is 1. The summed E-state index contributed by atoms with van der Waals surface area (Å²) in [5, 5.41) is 3.45. The summed E-state index contributed by atoms with van der Waals surface area (Å²) in [4.78, 5) is 0. The molecule has 0 saturated carbocycles. The number of hydrogen-bond donors (Lipinski definition) is 1. The highest BCUT2D eigenvalue weighted by Gasteiger charge is 2.30. The van der Waals surface area contributed by atoms with Crippen LogP contribution in [0.1, 0.15) is 25.0 Å². The van der Waals surface area contributed by atoms with Crippen molar-refractivity contribution in [2.24, 2.45) is 0 Å². The number of fused-ring (bicyclic) bond motifs is 1. The lowest BCUT2D eigenvalue weighted by Crippen LogP contribution is -2.18. The Hall–Kier alpha value is -0.500. The smallest absolute Gasteiger partial charge is 0.0526 e. The second kappa shape index (κ2) is 2.74. The summed E-state index contributed by atoms with van der Waals surface area (Å²) in [6, 6.07) is 4.41. The Balaban J connectivity index is 2.64. The fourth-order valence-electron chi connectivity index (χ4n) is 1.82. The molecule has 2 heteroatoms. The highest BCUT2D eigenvalue weighted by atomic mass is 79.9. The molecule has 1 nitrogen and oxygen atoms in total. The largest absolute Gasteiger partial charge is 0.383 e. The van der Waals surface area contributed by atoms with Crippen molar-refractivity contribution in [1.82, 2.24) is 0 Å². The first kappa shape index (κ1) is 9.07. The molecule has 2 rings (SSSR count). The van der Waals surface area contributed by atoms with Crippen LogP contribution in [-0.2, 0) is 5.41 Å². The molecule has 1 heterocycles. The third-order valence-electron chi connectivity index (χ3n) is 2.77. The van der Waals surface area contributed by atoms with E-state index >= 15 is 0 Å². The fourth-order valence-corrected chi connectivity index (χ4v) is 2.31. The van der Waals surface area contributed by atoms with Crippen LogP contribution in [0.15, 0.2) is 16.6 Å². The van der Waals surface area contributed by atoms with Crippen LogP contribution in [0.5, 0.6) is 0 Å². The minimum Gasteiger partial charge on any atom is -0.383 e. The van der Waals surface area contributed by atoms with Gasteiger partial charge in [0.1, 0.15) is 0 Å². The van der Waals surface area contributed by atoms with Crippen molar-refractivity contribution in [3.63, 3.8) is 0 Å². The van der Waals surface area contributed by atoms with Gasteiger partial charge in [0.15, 0.2) is 0 Å². The topological polar surface area (TPSA) is 12.0 Å². The maximum Gasteiger partial charge on any atom is 0.0526 e.